The molecule has 0 bridgehead atoms. The predicted octanol–water partition coefficient (Wildman–Crippen LogP) is 1.70. The maximum absolute atomic E-state index is 5.92. The lowest BCUT2D eigenvalue weighted by Gasteiger charge is -2.32. The molecule has 5 heteroatoms. The van der Waals surface area contributed by atoms with Crippen LogP contribution in [0.3, 0.4) is 0 Å². The molecule has 3 N–H and O–H groups in total. The van der Waals surface area contributed by atoms with E-state index in [4.69, 9.17) is 15.3 Å². The smallest absolute Gasteiger partial charge is 0.143 e. The van der Waals surface area contributed by atoms with Crippen LogP contribution in [0.25, 0.3) is 0 Å². The number of anilines is 1. The zero-order chi connectivity index (χ0) is 12.3. The third-order valence-corrected chi connectivity index (χ3v) is 2.84. The zero-order valence-electron chi connectivity index (χ0n) is 10.2. The molecule has 0 radical (unpaired) electrons. The van der Waals surface area contributed by atoms with Gasteiger partial charge in [-0.05, 0) is 19.9 Å². The van der Waals surface area contributed by atoms with E-state index in [9.17, 15) is 0 Å². The normalized spacial score (nSPS) is 28.8. The van der Waals surface area contributed by atoms with Crippen molar-refractivity contribution in [2.24, 2.45) is 5.84 Å². The summed E-state index contributed by atoms with van der Waals surface area (Å²) in [5.74, 6) is 6.71. The molecule has 0 saturated carbocycles. The molecule has 0 aliphatic carbocycles. The molecule has 1 aromatic heterocycles. The van der Waals surface area contributed by atoms with E-state index >= 15 is 0 Å². The lowest BCUT2D eigenvalue weighted by atomic mass is 10.0. The Labute approximate surface area is 101 Å². The fourth-order valence-electron chi connectivity index (χ4n) is 2.20. The highest BCUT2D eigenvalue weighted by atomic mass is 16.5. The Morgan fingerprint density at radius 1 is 1.41 bits per heavy atom. The number of nitrogens with zero attached hydrogens (tertiary/aromatic N) is 1. The molecule has 2 atom stereocenters. The van der Waals surface area contributed by atoms with E-state index in [1.54, 1.807) is 12.3 Å². The number of nitrogens with one attached hydrogen (secondary N) is 1. The van der Waals surface area contributed by atoms with Gasteiger partial charge in [0.15, 0.2) is 0 Å². The van der Waals surface area contributed by atoms with Gasteiger partial charge >= 0.3 is 0 Å². The Balaban J connectivity index is 1.99. The summed E-state index contributed by atoms with van der Waals surface area (Å²) < 4.78 is 11.6. The van der Waals surface area contributed by atoms with Crippen molar-refractivity contribution >= 4 is 5.82 Å². The van der Waals surface area contributed by atoms with Gasteiger partial charge in [0.25, 0.3) is 0 Å². The standard InChI is InChI=1S/C12H19N3O2/c1-8-5-11(6-9(2)16-8)17-10-3-4-14-12(7-10)15-13/h3-4,7-9,11H,5-6,13H2,1-2H3,(H,14,15). The van der Waals surface area contributed by atoms with Gasteiger partial charge in [-0.15, -0.1) is 0 Å². The lowest BCUT2D eigenvalue weighted by Crippen LogP contribution is -2.35. The first-order chi connectivity index (χ1) is 8.17. The second kappa shape index (κ2) is 5.33. The largest absolute Gasteiger partial charge is 0.490 e. The van der Waals surface area contributed by atoms with Crippen LogP contribution in [0, 0.1) is 0 Å². The first kappa shape index (κ1) is 12.1. The molecule has 0 amide bonds. The third-order valence-electron chi connectivity index (χ3n) is 2.84. The van der Waals surface area contributed by atoms with E-state index in [1.807, 2.05) is 6.07 Å². The number of hydrogen-bond acceptors (Lipinski definition) is 5. The van der Waals surface area contributed by atoms with E-state index in [0.717, 1.165) is 18.6 Å². The lowest BCUT2D eigenvalue weighted by molar-refractivity contribution is -0.0721. The van der Waals surface area contributed by atoms with Crippen LogP contribution in [0.15, 0.2) is 18.3 Å². The zero-order valence-corrected chi connectivity index (χ0v) is 10.2. The van der Waals surface area contributed by atoms with Gasteiger partial charge in [0.1, 0.15) is 17.7 Å². The van der Waals surface area contributed by atoms with Crippen LogP contribution in [0.5, 0.6) is 5.75 Å². The molecule has 17 heavy (non-hydrogen) atoms. The Bertz CT molecular complexity index is 363. The topological polar surface area (TPSA) is 69.4 Å². The highest BCUT2D eigenvalue weighted by molar-refractivity contribution is 5.39. The average molecular weight is 237 g/mol. The second-order valence-corrected chi connectivity index (χ2v) is 4.49. The molecule has 1 fully saturated rings. The molecule has 1 saturated heterocycles. The molecule has 2 heterocycles. The minimum Gasteiger partial charge on any atom is -0.490 e. The number of nitrogen functional groups attached to an aromatic ring is 1. The van der Waals surface area contributed by atoms with Crippen molar-refractivity contribution in [3.63, 3.8) is 0 Å². The summed E-state index contributed by atoms with van der Waals surface area (Å²) in [6.07, 6.45) is 4.20. The van der Waals surface area contributed by atoms with Crippen molar-refractivity contribution < 1.29 is 9.47 Å². The first-order valence-electron chi connectivity index (χ1n) is 5.92. The fraction of sp³-hybridized carbons (Fsp3) is 0.583. The molecule has 0 aromatic carbocycles. The minimum absolute atomic E-state index is 0.196. The van der Waals surface area contributed by atoms with E-state index in [2.05, 4.69) is 24.3 Å². The molecule has 2 unspecified atom stereocenters. The van der Waals surface area contributed by atoms with Crippen molar-refractivity contribution in [2.75, 3.05) is 5.43 Å². The summed E-state index contributed by atoms with van der Waals surface area (Å²) in [7, 11) is 0. The second-order valence-electron chi connectivity index (χ2n) is 4.49. The quantitative estimate of drug-likeness (QED) is 0.618. The molecule has 1 aliphatic heterocycles. The van der Waals surface area contributed by atoms with Crippen LogP contribution >= 0.6 is 0 Å². The van der Waals surface area contributed by atoms with Crippen molar-refractivity contribution in [1.29, 1.82) is 0 Å². The van der Waals surface area contributed by atoms with Crippen molar-refractivity contribution in [1.82, 2.24) is 4.98 Å². The van der Waals surface area contributed by atoms with Gasteiger partial charge < -0.3 is 14.9 Å². The van der Waals surface area contributed by atoms with Gasteiger partial charge in [0.2, 0.25) is 0 Å². The van der Waals surface area contributed by atoms with Crippen LogP contribution in [0.2, 0.25) is 0 Å². The summed E-state index contributed by atoms with van der Waals surface area (Å²) in [6.45, 7) is 4.15. The Morgan fingerprint density at radius 2 is 2.12 bits per heavy atom. The Kier molecular flexibility index (Phi) is 3.81. The average Bonchev–Trinajstić information content (AvgIpc) is 2.28. The number of pyridine rings is 1. The van der Waals surface area contributed by atoms with Gasteiger partial charge in [0.05, 0.1) is 12.2 Å². The van der Waals surface area contributed by atoms with Crippen LogP contribution in [0.4, 0.5) is 5.82 Å². The van der Waals surface area contributed by atoms with Crippen LogP contribution < -0.4 is 16.0 Å². The first-order valence-corrected chi connectivity index (χ1v) is 5.92. The summed E-state index contributed by atoms with van der Waals surface area (Å²) >= 11 is 0. The summed E-state index contributed by atoms with van der Waals surface area (Å²) in [4.78, 5) is 4.04. The van der Waals surface area contributed by atoms with Crippen molar-refractivity contribution in [2.45, 2.75) is 45.0 Å². The van der Waals surface area contributed by atoms with Gasteiger partial charge in [-0.1, -0.05) is 0 Å². The van der Waals surface area contributed by atoms with Crippen molar-refractivity contribution in [3.8, 4) is 5.75 Å². The monoisotopic (exact) mass is 237 g/mol. The number of hydrazine groups is 1. The number of rotatable bonds is 3. The number of ether oxygens (including phenoxy) is 2. The Morgan fingerprint density at radius 3 is 2.76 bits per heavy atom. The van der Waals surface area contributed by atoms with Gasteiger partial charge in [0, 0.05) is 25.1 Å². The number of nitrogens with two attached hydrogens (primary N) is 1. The predicted molar refractivity (Wildman–Crippen MR) is 65.7 cm³/mol. The maximum atomic E-state index is 5.92. The summed E-state index contributed by atoms with van der Waals surface area (Å²) in [5.41, 5.74) is 2.51. The molecule has 2 rings (SSSR count). The molecular weight excluding hydrogens is 218 g/mol. The molecular formula is C12H19N3O2. The number of aromatic nitrogens is 1. The molecule has 1 aliphatic rings. The van der Waals surface area contributed by atoms with Crippen LogP contribution in [-0.2, 0) is 4.74 Å². The summed E-state index contributed by atoms with van der Waals surface area (Å²) in [6, 6.07) is 3.64. The molecule has 1 aromatic rings. The molecule has 5 nitrogen and oxygen atoms in total. The van der Waals surface area contributed by atoms with Gasteiger partial charge in [-0.3, -0.25) is 0 Å². The molecule has 94 valence electrons. The summed E-state index contributed by atoms with van der Waals surface area (Å²) in [5, 5.41) is 0. The van der Waals surface area contributed by atoms with E-state index in [1.165, 1.54) is 0 Å². The van der Waals surface area contributed by atoms with E-state index in [-0.39, 0.29) is 18.3 Å². The van der Waals surface area contributed by atoms with Gasteiger partial charge in [-0.2, -0.15) is 0 Å². The fourth-order valence-corrected chi connectivity index (χ4v) is 2.20. The maximum Gasteiger partial charge on any atom is 0.143 e. The van der Waals surface area contributed by atoms with Crippen molar-refractivity contribution in [3.05, 3.63) is 18.3 Å². The molecule has 0 spiro atoms. The van der Waals surface area contributed by atoms with Crippen LogP contribution in [-0.4, -0.2) is 23.3 Å². The highest BCUT2D eigenvalue weighted by Gasteiger charge is 2.25. The Hall–Kier alpha value is -1.33. The van der Waals surface area contributed by atoms with Gasteiger partial charge in [-0.25, -0.2) is 10.8 Å². The third kappa shape index (κ3) is 3.31. The van der Waals surface area contributed by atoms with Crippen LogP contribution in [0.1, 0.15) is 26.7 Å². The SMILES string of the molecule is CC1CC(Oc2ccnc(NN)c2)CC(C)O1. The van der Waals surface area contributed by atoms with E-state index in [0.29, 0.717) is 5.82 Å². The highest BCUT2D eigenvalue weighted by Crippen LogP contribution is 2.24. The number of hydrogen-bond donors (Lipinski definition) is 2. The van der Waals surface area contributed by atoms with E-state index < -0.39 is 0 Å². The minimum atomic E-state index is 0.196.